The SMILES string of the molecule is CCOC(=O)C1=C(C)NC(=O)N[C@@H]1c1ccc(O)cc1.CCOC(=O)C1=C(C)NC(=O)N[C@@H]1c1ccc(O)cc1.CCOC(=O)C1=C(C)NC(=O)N[C@@H]1c1ccc(O)cc1.O.O.O. The van der Waals surface area contributed by atoms with Gasteiger partial charge in [0.25, 0.3) is 0 Å². The van der Waals surface area contributed by atoms with Crippen molar-refractivity contribution in [1.29, 1.82) is 0 Å². The molecule has 0 spiro atoms. The number of carbonyl (C=O) groups excluding carboxylic acids is 6. The number of amides is 6. The normalized spacial score (nSPS) is 17.4. The first kappa shape index (κ1) is 53.4. The van der Waals surface area contributed by atoms with E-state index < -0.39 is 36.0 Å². The molecule has 3 aromatic rings. The van der Waals surface area contributed by atoms with Crippen molar-refractivity contribution in [1.82, 2.24) is 31.9 Å². The minimum atomic E-state index is -0.594. The lowest BCUT2D eigenvalue weighted by Crippen LogP contribution is -2.45. The number of hydrogen-bond donors (Lipinski definition) is 9. The number of aromatic hydroxyl groups is 3. The van der Waals surface area contributed by atoms with E-state index >= 15 is 0 Å². The van der Waals surface area contributed by atoms with Gasteiger partial charge in [-0.1, -0.05) is 36.4 Å². The molecule has 0 radical (unpaired) electrons. The van der Waals surface area contributed by atoms with Crippen molar-refractivity contribution in [3.63, 3.8) is 0 Å². The van der Waals surface area contributed by atoms with Gasteiger partial charge in [-0.3, -0.25) is 0 Å². The molecule has 0 saturated carbocycles. The summed E-state index contributed by atoms with van der Waals surface area (Å²) in [4.78, 5) is 70.9. The van der Waals surface area contributed by atoms with Crippen LogP contribution in [0.2, 0.25) is 0 Å². The van der Waals surface area contributed by atoms with Gasteiger partial charge in [-0.05, 0) is 94.6 Å². The topological polar surface area (TPSA) is 357 Å². The molecule has 0 saturated heterocycles. The van der Waals surface area contributed by atoms with Gasteiger partial charge in [-0.2, -0.15) is 0 Å². The van der Waals surface area contributed by atoms with E-state index in [0.717, 1.165) is 0 Å². The number of ether oxygens (including phenoxy) is 3. The molecule has 3 aromatic carbocycles. The zero-order chi connectivity index (χ0) is 44.1. The van der Waals surface area contributed by atoms with Crippen molar-refractivity contribution in [3.8, 4) is 17.2 Å². The smallest absolute Gasteiger partial charge is 0.338 e. The fraction of sp³-hybridized carbons (Fsp3) is 0.286. The Balaban J connectivity index is 0.000000462. The Hall–Kier alpha value is -7.62. The zero-order valence-corrected chi connectivity index (χ0v) is 35.3. The maximum Gasteiger partial charge on any atom is 0.338 e. The number of nitrogens with one attached hydrogen (secondary N) is 6. The van der Waals surface area contributed by atoms with Gasteiger partial charge in [0.05, 0.1) is 54.7 Å². The fourth-order valence-electron chi connectivity index (χ4n) is 6.27. The monoisotopic (exact) mass is 882 g/mol. The highest BCUT2D eigenvalue weighted by Gasteiger charge is 2.34. The second-order valence-corrected chi connectivity index (χ2v) is 13.1. The largest absolute Gasteiger partial charge is 0.508 e. The van der Waals surface area contributed by atoms with Crippen LogP contribution in [0.25, 0.3) is 0 Å². The van der Waals surface area contributed by atoms with Crippen molar-refractivity contribution in [2.24, 2.45) is 0 Å². The van der Waals surface area contributed by atoms with Crippen LogP contribution in [-0.4, -0.2) is 87.6 Å². The Labute approximate surface area is 362 Å². The Morgan fingerprint density at radius 2 is 0.651 bits per heavy atom. The molecule has 21 heteroatoms. The zero-order valence-electron chi connectivity index (χ0n) is 35.3. The van der Waals surface area contributed by atoms with E-state index in [1.54, 1.807) is 77.9 Å². The average molecular weight is 883 g/mol. The minimum absolute atomic E-state index is 0. The van der Waals surface area contributed by atoms with Crippen LogP contribution in [0.1, 0.15) is 76.4 Å². The molecule has 0 unspecified atom stereocenters. The van der Waals surface area contributed by atoms with Crippen LogP contribution in [0, 0.1) is 0 Å². The molecule has 0 aliphatic carbocycles. The summed E-state index contributed by atoms with van der Waals surface area (Å²) in [6.45, 7) is 10.9. The summed E-state index contributed by atoms with van der Waals surface area (Å²) in [6, 6.07) is 16.0. The number of phenols is 3. The molecule has 6 rings (SSSR count). The van der Waals surface area contributed by atoms with E-state index in [2.05, 4.69) is 31.9 Å². The number of rotatable bonds is 9. The Morgan fingerprint density at radius 1 is 0.444 bits per heavy atom. The highest BCUT2D eigenvalue weighted by molar-refractivity contribution is 5.96. The fourth-order valence-corrected chi connectivity index (χ4v) is 6.27. The number of phenolic OH excluding ortho intramolecular Hbond substituents is 3. The third-order valence-electron chi connectivity index (χ3n) is 8.97. The summed E-state index contributed by atoms with van der Waals surface area (Å²) in [7, 11) is 0. The standard InChI is InChI=1S/3C14H16N2O4.3H2O/c3*1-3-20-13(18)11-8(2)15-14(19)16-12(11)9-4-6-10(17)7-5-9;;;/h3*4-7,12,17H,3H2,1-2H3,(H2,15,16,19);3*1H2/t3*12-;;;/m111.../s1. The van der Waals surface area contributed by atoms with Gasteiger partial charge in [0.2, 0.25) is 0 Å². The number of allylic oxidation sites excluding steroid dienone is 3. The number of carbonyl (C=O) groups is 6. The number of urea groups is 3. The molecule has 3 aliphatic heterocycles. The van der Waals surface area contributed by atoms with E-state index in [4.69, 9.17) is 14.2 Å². The lowest BCUT2D eigenvalue weighted by molar-refractivity contribution is -0.140. The molecule has 0 fully saturated rings. The predicted octanol–water partition coefficient (Wildman–Crippen LogP) is 2.28. The molecular formula is C42H54N6O15. The Kier molecular flexibility index (Phi) is 20.8. The highest BCUT2D eigenvalue weighted by atomic mass is 16.5. The van der Waals surface area contributed by atoms with E-state index in [9.17, 15) is 44.1 Å². The van der Waals surface area contributed by atoms with Crippen LogP contribution in [0.15, 0.2) is 107 Å². The van der Waals surface area contributed by atoms with Crippen LogP contribution in [0.5, 0.6) is 17.2 Å². The minimum Gasteiger partial charge on any atom is -0.508 e. The molecule has 0 aromatic heterocycles. The van der Waals surface area contributed by atoms with Gasteiger partial charge in [0, 0.05) is 17.1 Å². The molecule has 21 nitrogen and oxygen atoms in total. The number of esters is 3. The number of hydrogen-bond acceptors (Lipinski definition) is 12. The van der Waals surface area contributed by atoms with Crippen LogP contribution in [0.3, 0.4) is 0 Å². The van der Waals surface area contributed by atoms with Crippen molar-refractivity contribution in [2.45, 2.75) is 59.7 Å². The van der Waals surface area contributed by atoms with Crippen molar-refractivity contribution in [3.05, 3.63) is 123 Å². The molecule has 63 heavy (non-hydrogen) atoms. The molecule has 6 amide bonds. The first-order chi connectivity index (χ1) is 28.6. The van der Waals surface area contributed by atoms with Crippen molar-refractivity contribution >= 4 is 36.0 Å². The average Bonchev–Trinajstić information content (AvgIpc) is 3.18. The van der Waals surface area contributed by atoms with E-state index in [1.807, 2.05) is 0 Å². The van der Waals surface area contributed by atoms with Gasteiger partial charge in [0.1, 0.15) is 17.2 Å². The Bertz CT molecular complexity index is 1940. The third-order valence-corrected chi connectivity index (χ3v) is 8.97. The van der Waals surface area contributed by atoms with Crippen LogP contribution >= 0.6 is 0 Å². The molecule has 0 bridgehead atoms. The summed E-state index contributed by atoms with van der Waals surface area (Å²) >= 11 is 0. The predicted molar refractivity (Wildman–Crippen MR) is 226 cm³/mol. The summed E-state index contributed by atoms with van der Waals surface area (Å²) < 4.78 is 15.1. The first-order valence-corrected chi connectivity index (χ1v) is 18.8. The van der Waals surface area contributed by atoms with Crippen molar-refractivity contribution < 1.29 is 74.7 Å². The Morgan fingerprint density at radius 3 is 0.841 bits per heavy atom. The van der Waals surface area contributed by atoms with Crippen LogP contribution in [0.4, 0.5) is 14.4 Å². The summed E-state index contributed by atoms with van der Waals surface area (Å²) in [5, 5.41) is 43.7. The number of benzene rings is 3. The summed E-state index contributed by atoms with van der Waals surface area (Å²) in [6.07, 6.45) is 0. The van der Waals surface area contributed by atoms with Gasteiger partial charge in [0.15, 0.2) is 0 Å². The molecule has 15 N–H and O–H groups in total. The van der Waals surface area contributed by atoms with E-state index in [0.29, 0.717) is 50.5 Å². The summed E-state index contributed by atoms with van der Waals surface area (Å²) in [5.41, 5.74) is 4.55. The van der Waals surface area contributed by atoms with Gasteiger partial charge in [-0.15, -0.1) is 0 Å². The van der Waals surface area contributed by atoms with E-state index in [1.165, 1.54) is 36.4 Å². The quantitative estimate of drug-likeness (QED) is 0.110. The lowest BCUT2D eigenvalue weighted by Gasteiger charge is -2.28. The molecule has 3 heterocycles. The third kappa shape index (κ3) is 14.0. The van der Waals surface area contributed by atoms with Gasteiger partial charge >= 0.3 is 36.0 Å². The second-order valence-electron chi connectivity index (χ2n) is 13.1. The first-order valence-electron chi connectivity index (χ1n) is 18.8. The summed E-state index contributed by atoms with van der Waals surface area (Å²) in [5.74, 6) is -1.08. The molecule has 3 aliphatic rings. The molecule has 3 atom stereocenters. The molecule has 342 valence electrons. The maximum absolute atomic E-state index is 12.0. The highest BCUT2D eigenvalue weighted by Crippen LogP contribution is 2.31. The molecular weight excluding hydrogens is 828 g/mol. The van der Waals surface area contributed by atoms with Crippen LogP contribution in [-0.2, 0) is 28.6 Å². The van der Waals surface area contributed by atoms with Gasteiger partial charge < -0.3 is 77.9 Å². The lowest BCUT2D eigenvalue weighted by atomic mass is 9.95. The van der Waals surface area contributed by atoms with Crippen molar-refractivity contribution in [2.75, 3.05) is 19.8 Å². The maximum atomic E-state index is 12.0. The van der Waals surface area contributed by atoms with Crippen LogP contribution < -0.4 is 31.9 Å². The second kappa shape index (κ2) is 24.6. The van der Waals surface area contributed by atoms with E-state index in [-0.39, 0.29) is 71.6 Å². The van der Waals surface area contributed by atoms with Gasteiger partial charge in [-0.25, -0.2) is 28.8 Å².